The van der Waals surface area contributed by atoms with Crippen molar-refractivity contribution in [3.05, 3.63) is 10.6 Å². The molecule has 0 atom stereocenters. The van der Waals surface area contributed by atoms with E-state index in [2.05, 4.69) is 26.0 Å². The molecule has 0 N–H and O–H groups in total. The van der Waals surface area contributed by atoms with Crippen LogP contribution in [0.25, 0.3) is 0 Å². The third-order valence-corrected chi connectivity index (χ3v) is 2.25. The lowest BCUT2D eigenvalue weighted by Crippen LogP contribution is -2.07. The highest BCUT2D eigenvalue weighted by atomic mass is 79.9. The Labute approximate surface area is 78.1 Å². The molecule has 4 nitrogen and oxygen atoms in total. The van der Waals surface area contributed by atoms with Crippen molar-refractivity contribution in [3.63, 3.8) is 0 Å². The van der Waals surface area contributed by atoms with Crippen molar-refractivity contribution in [2.24, 2.45) is 0 Å². The molecule has 12 heavy (non-hydrogen) atoms. The maximum Gasteiger partial charge on any atom is 0.217 e. The molecule has 0 aliphatic carbocycles. The predicted octanol–water partition coefficient (Wildman–Crippen LogP) is 1.41. The molecule has 2 rings (SSSR count). The van der Waals surface area contributed by atoms with E-state index in [0.29, 0.717) is 17.0 Å². The number of nitrogens with zero attached hydrogens (tertiary/aromatic N) is 3. The highest BCUT2D eigenvalue weighted by Gasteiger charge is 2.18. The predicted molar refractivity (Wildman–Crippen MR) is 45.9 cm³/mol. The fourth-order valence-electron chi connectivity index (χ4n) is 1.34. The Morgan fingerprint density at radius 3 is 3.08 bits per heavy atom. The van der Waals surface area contributed by atoms with Crippen molar-refractivity contribution in [1.29, 1.82) is 0 Å². The van der Waals surface area contributed by atoms with Gasteiger partial charge < -0.3 is 0 Å². The summed E-state index contributed by atoms with van der Waals surface area (Å²) in [7, 11) is 0. The maximum atomic E-state index is 11.4. The van der Waals surface area contributed by atoms with Crippen molar-refractivity contribution in [1.82, 2.24) is 14.8 Å². The molecule has 0 saturated carbocycles. The van der Waals surface area contributed by atoms with Crippen molar-refractivity contribution < 1.29 is 4.79 Å². The lowest BCUT2D eigenvalue weighted by atomic mass is 10.2. The van der Waals surface area contributed by atoms with Crippen molar-refractivity contribution >= 4 is 21.7 Å². The summed E-state index contributed by atoms with van der Waals surface area (Å²) in [4.78, 5) is 15.4. The molecule has 0 saturated heterocycles. The van der Waals surface area contributed by atoms with Gasteiger partial charge in [0.25, 0.3) is 0 Å². The average molecular weight is 230 g/mol. The van der Waals surface area contributed by atoms with Gasteiger partial charge in [-0.05, 0) is 28.8 Å². The molecular formula is C7H8BrN3O. The summed E-state index contributed by atoms with van der Waals surface area (Å²) in [6.45, 7) is 0.805. The van der Waals surface area contributed by atoms with Gasteiger partial charge in [0.05, 0.1) is 0 Å². The average Bonchev–Trinajstić information content (AvgIpc) is 2.33. The smallest absolute Gasteiger partial charge is 0.217 e. The minimum Gasteiger partial charge on any atom is -0.291 e. The molecule has 0 spiro atoms. The van der Waals surface area contributed by atoms with Crippen LogP contribution < -0.4 is 0 Å². The number of Topliss-reactive ketones (excluding diaryl/α,β-unsaturated/α-hetero) is 1. The summed E-state index contributed by atoms with van der Waals surface area (Å²) in [6, 6.07) is 0. The Bertz CT molecular complexity index is 320. The highest BCUT2D eigenvalue weighted by molar-refractivity contribution is 9.10. The van der Waals surface area contributed by atoms with Gasteiger partial charge in [0.2, 0.25) is 4.73 Å². The molecule has 1 aromatic heterocycles. The Hall–Kier alpha value is -0.710. The van der Waals surface area contributed by atoms with Gasteiger partial charge in [-0.25, -0.2) is 4.68 Å². The topological polar surface area (TPSA) is 47.8 Å². The molecule has 0 amide bonds. The van der Waals surface area contributed by atoms with Crippen LogP contribution in [0, 0.1) is 0 Å². The third-order valence-electron chi connectivity index (χ3n) is 1.92. The van der Waals surface area contributed by atoms with Gasteiger partial charge >= 0.3 is 0 Å². The van der Waals surface area contributed by atoms with Crippen LogP contribution >= 0.6 is 15.9 Å². The number of aromatic nitrogens is 3. The van der Waals surface area contributed by atoms with Crippen molar-refractivity contribution in [2.45, 2.75) is 25.8 Å². The lowest BCUT2D eigenvalue weighted by Gasteiger charge is -1.95. The van der Waals surface area contributed by atoms with Crippen molar-refractivity contribution in [2.75, 3.05) is 0 Å². The number of hydrogen-bond acceptors (Lipinski definition) is 3. The van der Waals surface area contributed by atoms with Crippen LogP contribution in [0.1, 0.15) is 29.9 Å². The molecule has 64 valence electrons. The molecule has 0 unspecified atom stereocenters. The van der Waals surface area contributed by atoms with Crippen LogP contribution in [0.4, 0.5) is 0 Å². The van der Waals surface area contributed by atoms with Gasteiger partial charge in [-0.15, -0.1) is 5.10 Å². The van der Waals surface area contributed by atoms with Crippen LogP contribution in [0.2, 0.25) is 0 Å². The third kappa shape index (κ3) is 1.29. The van der Waals surface area contributed by atoms with Gasteiger partial charge in [-0.2, -0.15) is 4.98 Å². The summed E-state index contributed by atoms with van der Waals surface area (Å²) in [6.07, 6.45) is 2.56. The fourth-order valence-corrected chi connectivity index (χ4v) is 1.69. The normalized spacial score (nSPS) is 17.2. The first-order valence-electron chi connectivity index (χ1n) is 3.91. The lowest BCUT2D eigenvalue weighted by molar-refractivity contribution is 0.0971. The number of rotatable bonds is 0. The second kappa shape index (κ2) is 2.97. The molecular weight excluding hydrogens is 222 g/mol. The van der Waals surface area contributed by atoms with Crippen LogP contribution in [-0.4, -0.2) is 20.5 Å². The monoisotopic (exact) mass is 229 g/mol. The van der Waals surface area contributed by atoms with Gasteiger partial charge in [0.1, 0.15) is 0 Å². The van der Waals surface area contributed by atoms with E-state index in [4.69, 9.17) is 0 Å². The molecule has 0 aromatic carbocycles. The molecule has 1 aliphatic heterocycles. The zero-order valence-electron chi connectivity index (χ0n) is 6.46. The molecule has 0 fully saturated rings. The van der Waals surface area contributed by atoms with Crippen LogP contribution in [0.3, 0.4) is 0 Å². The molecule has 0 radical (unpaired) electrons. The largest absolute Gasteiger partial charge is 0.291 e. The second-order valence-corrected chi connectivity index (χ2v) is 3.52. The Morgan fingerprint density at radius 2 is 2.25 bits per heavy atom. The zero-order chi connectivity index (χ0) is 8.55. The number of aryl methyl sites for hydroxylation is 1. The first kappa shape index (κ1) is 7.91. The van der Waals surface area contributed by atoms with E-state index in [9.17, 15) is 4.79 Å². The van der Waals surface area contributed by atoms with E-state index >= 15 is 0 Å². The standard InChI is InChI=1S/C7H8BrN3O/c8-7-9-6-5(12)3-1-2-4-11(6)10-7/h1-4H2. The van der Waals surface area contributed by atoms with E-state index in [0.717, 1.165) is 19.4 Å². The summed E-state index contributed by atoms with van der Waals surface area (Å²) in [5.74, 6) is 0.602. The highest BCUT2D eigenvalue weighted by Crippen LogP contribution is 2.14. The quantitative estimate of drug-likeness (QED) is 0.676. The maximum absolute atomic E-state index is 11.4. The Balaban J connectivity index is 2.44. The first-order valence-corrected chi connectivity index (χ1v) is 4.70. The number of carbonyl (C=O) groups is 1. The van der Waals surface area contributed by atoms with Crippen LogP contribution in [0.5, 0.6) is 0 Å². The van der Waals surface area contributed by atoms with Gasteiger partial charge in [-0.1, -0.05) is 0 Å². The van der Waals surface area contributed by atoms with E-state index in [1.54, 1.807) is 4.68 Å². The van der Waals surface area contributed by atoms with Gasteiger partial charge in [0.15, 0.2) is 11.6 Å². The number of ketones is 1. The minimum atomic E-state index is 0.103. The molecule has 5 heteroatoms. The molecule has 0 bridgehead atoms. The molecule has 2 heterocycles. The summed E-state index contributed by atoms with van der Waals surface area (Å²) < 4.78 is 2.19. The van der Waals surface area contributed by atoms with Crippen LogP contribution in [-0.2, 0) is 6.54 Å². The number of fused-ring (bicyclic) bond motifs is 1. The Morgan fingerprint density at radius 1 is 1.42 bits per heavy atom. The number of hydrogen-bond donors (Lipinski definition) is 0. The molecule has 1 aliphatic rings. The number of halogens is 1. The van der Waals surface area contributed by atoms with E-state index in [1.807, 2.05) is 0 Å². The van der Waals surface area contributed by atoms with Gasteiger partial charge in [0, 0.05) is 13.0 Å². The zero-order valence-corrected chi connectivity index (χ0v) is 8.04. The summed E-state index contributed by atoms with van der Waals surface area (Å²) in [5.41, 5.74) is 0. The second-order valence-electron chi connectivity index (χ2n) is 2.81. The van der Waals surface area contributed by atoms with E-state index in [1.165, 1.54) is 0 Å². The fraction of sp³-hybridized carbons (Fsp3) is 0.571. The van der Waals surface area contributed by atoms with E-state index < -0.39 is 0 Å². The number of carbonyl (C=O) groups excluding carboxylic acids is 1. The minimum absolute atomic E-state index is 0.103. The summed E-state index contributed by atoms with van der Waals surface area (Å²) >= 11 is 3.15. The summed E-state index contributed by atoms with van der Waals surface area (Å²) in [5, 5.41) is 4.06. The Kier molecular flexibility index (Phi) is 1.96. The molecule has 1 aromatic rings. The van der Waals surface area contributed by atoms with Gasteiger partial charge in [-0.3, -0.25) is 4.79 Å². The first-order chi connectivity index (χ1) is 5.77. The SMILES string of the molecule is O=C1CCCCn2nc(Br)nc21. The van der Waals surface area contributed by atoms with Crippen LogP contribution in [0.15, 0.2) is 4.73 Å². The van der Waals surface area contributed by atoms with E-state index in [-0.39, 0.29) is 5.78 Å². The van der Waals surface area contributed by atoms with Crippen molar-refractivity contribution in [3.8, 4) is 0 Å².